The van der Waals surface area contributed by atoms with Crippen LogP contribution in [0.25, 0.3) is 22.3 Å². The molecule has 0 aliphatic carbocycles. The molecule has 2 aliphatic rings. The van der Waals surface area contributed by atoms with Crippen molar-refractivity contribution in [1.82, 2.24) is 0 Å². The summed E-state index contributed by atoms with van der Waals surface area (Å²) in [5.74, 6) is -2.47. The van der Waals surface area contributed by atoms with Gasteiger partial charge in [0.25, 0.3) is 0 Å². The van der Waals surface area contributed by atoms with Crippen LogP contribution in [-0.4, -0.2) is 122 Å². The van der Waals surface area contributed by atoms with Crippen molar-refractivity contribution in [1.29, 1.82) is 0 Å². The van der Waals surface area contributed by atoms with Gasteiger partial charge in [0.05, 0.1) is 20.3 Å². The highest BCUT2D eigenvalue weighted by atomic mass is 16.7. The predicted molar refractivity (Wildman–Crippen MR) is 140 cm³/mol. The van der Waals surface area contributed by atoms with E-state index in [0.29, 0.717) is 0 Å². The van der Waals surface area contributed by atoms with Crippen molar-refractivity contribution in [2.45, 2.75) is 55.3 Å². The van der Waals surface area contributed by atoms with Gasteiger partial charge in [0.15, 0.2) is 23.5 Å². The standard InChI is InChI=1S/C27H30O16/c1-38-10-5-13(31)17-15(6-10)40-23(9-2-3-11(29)12(30)4-9)25(20(17)35)43-27-22(37)24(19(34)16(7-28)41-27)42-26-21(36)18(33)14(32)8-39-26/h2-6,14,16,18-19,21-22,24,26-34,36-37H,7-8H2,1H3/t14?,16?,18-,19-,21?,22?,24-,26-,27-/m0/s1. The van der Waals surface area contributed by atoms with Gasteiger partial charge in [-0.15, -0.1) is 0 Å². The van der Waals surface area contributed by atoms with E-state index in [-0.39, 0.29) is 28.0 Å². The summed E-state index contributed by atoms with van der Waals surface area (Å²) in [5, 5.41) is 91.8. The molecule has 3 aromatic rings. The lowest BCUT2D eigenvalue weighted by molar-refractivity contribution is -0.339. The second-order valence-electron chi connectivity index (χ2n) is 9.99. The first-order valence-electron chi connectivity index (χ1n) is 13.0. The van der Waals surface area contributed by atoms with E-state index in [1.165, 1.54) is 19.2 Å². The molecule has 16 heteroatoms. The van der Waals surface area contributed by atoms with Gasteiger partial charge < -0.3 is 74.1 Å². The van der Waals surface area contributed by atoms with E-state index in [0.717, 1.165) is 18.2 Å². The van der Waals surface area contributed by atoms with Gasteiger partial charge in [0.1, 0.15) is 65.2 Å². The Morgan fingerprint density at radius 2 is 1.63 bits per heavy atom. The number of aromatic hydroxyl groups is 3. The molecule has 0 amide bonds. The number of ether oxygens (including phenoxy) is 5. The van der Waals surface area contributed by atoms with E-state index >= 15 is 0 Å². The fourth-order valence-electron chi connectivity index (χ4n) is 4.82. The Bertz CT molecular complexity index is 1520. The number of phenolic OH excluding ortho intramolecular Hbond substituents is 3. The third-order valence-electron chi connectivity index (χ3n) is 7.18. The molecule has 9 atom stereocenters. The summed E-state index contributed by atoms with van der Waals surface area (Å²) in [4.78, 5) is 13.7. The van der Waals surface area contributed by atoms with Gasteiger partial charge in [-0.3, -0.25) is 4.79 Å². The van der Waals surface area contributed by atoms with Crippen LogP contribution in [0.3, 0.4) is 0 Å². The molecule has 9 N–H and O–H groups in total. The Morgan fingerprint density at radius 1 is 0.884 bits per heavy atom. The van der Waals surface area contributed by atoms with Gasteiger partial charge in [-0.25, -0.2) is 0 Å². The Balaban J connectivity index is 1.57. The lowest BCUT2D eigenvalue weighted by atomic mass is 9.98. The maximum atomic E-state index is 13.7. The highest BCUT2D eigenvalue weighted by Gasteiger charge is 2.50. The van der Waals surface area contributed by atoms with E-state index in [9.17, 15) is 50.8 Å². The quantitative estimate of drug-likeness (QED) is 0.134. The minimum atomic E-state index is -1.95. The number of aliphatic hydroxyl groups is 6. The van der Waals surface area contributed by atoms with Crippen molar-refractivity contribution in [2.75, 3.05) is 20.3 Å². The zero-order valence-corrected chi connectivity index (χ0v) is 22.4. The first-order chi connectivity index (χ1) is 20.4. The Labute approximate surface area is 241 Å². The molecule has 43 heavy (non-hydrogen) atoms. The average molecular weight is 611 g/mol. The molecule has 5 rings (SSSR count). The number of methoxy groups -OCH3 is 1. The molecule has 0 bridgehead atoms. The first kappa shape index (κ1) is 30.7. The van der Waals surface area contributed by atoms with Gasteiger partial charge in [-0.05, 0) is 18.2 Å². The smallest absolute Gasteiger partial charge is 0.239 e. The van der Waals surface area contributed by atoms with Gasteiger partial charge >= 0.3 is 0 Å². The highest BCUT2D eigenvalue weighted by Crippen LogP contribution is 2.40. The summed E-state index contributed by atoms with van der Waals surface area (Å²) in [6, 6.07) is 5.88. The maximum Gasteiger partial charge on any atom is 0.239 e. The zero-order chi connectivity index (χ0) is 31.2. The van der Waals surface area contributed by atoms with Gasteiger partial charge in [-0.1, -0.05) is 0 Å². The Kier molecular flexibility index (Phi) is 8.66. The van der Waals surface area contributed by atoms with Crippen molar-refractivity contribution >= 4 is 11.0 Å². The zero-order valence-electron chi connectivity index (χ0n) is 22.4. The summed E-state index contributed by atoms with van der Waals surface area (Å²) in [6.45, 7) is -1.27. The molecule has 4 unspecified atom stereocenters. The predicted octanol–water partition coefficient (Wildman–Crippen LogP) is -1.77. The molecule has 2 aromatic carbocycles. The fourth-order valence-corrected chi connectivity index (χ4v) is 4.82. The third kappa shape index (κ3) is 5.67. The molecular formula is C27H30O16. The molecule has 2 fully saturated rings. The summed E-state index contributed by atoms with van der Waals surface area (Å²) in [6.07, 6.45) is -15.3. The number of fused-ring (bicyclic) bond motifs is 1. The van der Waals surface area contributed by atoms with Crippen LogP contribution in [0.5, 0.6) is 28.7 Å². The molecule has 234 valence electrons. The fraction of sp³-hybridized carbons (Fsp3) is 0.444. The minimum absolute atomic E-state index is 0.00900. The van der Waals surface area contributed by atoms with E-state index in [4.69, 9.17) is 28.1 Å². The second kappa shape index (κ2) is 12.1. The van der Waals surface area contributed by atoms with Crippen LogP contribution >= 0.6 is 0 Å². The van der Waals surface area contributed by atoms with E-state index in [2.05, 4.69) is 0 Å². The highest BCUT2D eigenvalue weighted by molar-refractivity contribution is 5.88. The number of phenols is 3. The molecule has 0 radical (unpaired) electrons. The van der Waals surface area contributed by atoms with Crippen molar-refractivity contribution in [3.8, 4) is 40.1 Å². The lowest BCUT2D eigenvalue weighted by Gasteiger charge is -2.44. The van der Waals surface area contributed by atoms with Crippen LogP contribution in [0.4, 0.5) is 0 Å². The molecule has 2 saturated heterocycles. The summed E-state index contributed by atoms with van der Waals surface area (Å²) in [7, 11) is 1.32. The van der Waals surface area contributed by atoms with Crippen LogP contribution in [0.2, 0.25) is 0 Å². The average Bonchev–Trinajstić information content (AvgIpc) is 2.98. The van der Waals surface area contributed by atoms with E-state index in [1.807, 2.05) is 0 Å². The lowest BCUT2D eigenvalue weighted by Crippen LogP contribution is -2.64. The molecule has 3 heterocycles. The topological polar surface area (TPSA) is 258 Å². The van der Waals surface area contributed by atoms with Crippen LogP contribution < -0.4 is 14.9 Å². The van der Waals surface area contributed by atoms with E-state index in [1.54, 1.807) is 0 Å². The van der Waals surface area contributed by atoms with Crippen LogP contribution in [-0.2, 0) is 14.2 Å². The van der Waals surface area contributed by atoms with E-state index < -0.39 is 96.9 Å². The van der Waals surface area contributed by atoms with Crippen molar-refractivity contribution in [3.63, 3.8) is 0 Å². The van der Waals surface area contributed by atoms with Crippen LogP contribution in [0.15, 0.2) is 39.5 Å². The largest absolute Gasteiger partial charge is 0.507 e. The van der Waals surface area contributed by atoms with Crippen LogP contribution in [0.1, 0.15) is 0 Å². The number of hydrogen-bond donors (Lipinski definition) is 9. The van der Waals surface area contributed by atoms with Gasteiger partial charge in [0, 0.05) is 17.7 Å². The Hall–Kier alpha value is -3.71. The number of hydrogen-bond acceptors (Lipinski definition) is 16. The van der Waals surface area contributed by atoms with Crippen LogP contribution in [0, 0.1) is 0 Å². The number of rotatable bonds is 7. The minimum Gasteiger partial charge on any atom is -0.507 e. The normalized spacial score (nSPS) is 31.2. The molecule has 0 saturated carbocycles. The number of aliphatic hydroxyl groups excluding tert-OH is 6. The molecule has 0 spiro atoms. The second-order valence-corrected chi connectivity index (χ2v) is 9.99. The third-order valence-corrected chi connectivity index (χ3v) is 7.18. The molecule has 16 nitrogen and oxygen atoms in total. The summed E-state index contributed by atoms with van der Waals surface area (Å²) in [5.41, 5.74) is -1.11. The maximum absolute atomic E-state index is 13.7. The van der Waals surface area contributed by atoms with Crippen molar-refractivity contribution in [2.24, 2.45) is 0 Å². The van der Waals surface area contributed by atoms with Crippen molar-refractivity contribution in [3.05, 3.63) is 40.6 Å². The SMILES string of the molecule is COc1cc(O)c2c(=O)c(O[C@@H]3OC(CO)[C@H](O)[C@H](O[C@@H]4OCC(O)[C@H](O)C4O)C3O)c(-c3ccc(O)c(O)c3)oc2c1. The van der Waals surface area contributed by atoms with Gasteiger partial charge in [-0.2, -0.15) is 0 Å². The molecule has 1 aromatic heterocycles. The molecule has 2 aliphatic heterocycles. The first-order valence-corrected chi connectivity index (χ1v) is 13.0. The Morgan fingerprint density at radius 3 is 2.30 bits per heavy atom. The summed E-state index contributed by atoms with van der Waals surface area (Å²) >= 11 is 0. The van der Waals surface area contributed by atoms with Gasteiger partial charge in [0.2, 0.25) is 17.5 Å². The van der Waals surface area contributed by atoms with Crippen molar-refractivity contribution < 1.29 is 74.1 Å². The summed E-state index contributed by atoms with van der Waals surface area (Å²) < 4.78 is 33.0. The monoisotopic (exact) mass is 610 g/mol. The molecular weight excluding hydrogens is 580 g/mol. The number of benzene rings is 2.